The minimum Gasteiger partial charge on any atom is -0.322 e. The van der Waals surface area contributed by atoms with Gasteiger partial charge in [-0.05, 0) is 67.3 Å². The molecule has 108 valence electrons. The zero-order valence-corrected chi connectivity index (χ0v) is 13.2. The molecule has 0 aliphatic rings. The lowest BCUT2D eigenvalue weighted by Crippen LogP contribution is -2.08. The number of aryl methyl sites for hydroxylation is 3. The fourth-order valence-corrected chi connectivity index (χ4v) is 2.29. The van der Waals surface area contributed by atoms with Crippen LogP contribution in [-0.4, -0.2) is 5.91 Å². The Morgan fingerprint density at radius 2 is 1.71 bits per heavy atom. The van der Waals surface area contributed by atoms with Crippen molar-refractivity contribution in [3.8, 4) is 0 Å². The van der Waals surface area contributed by atoms with Gasteiger partial charge < -0.3 is 5.32 Å². The topological polar surface area (TPSA) is 29.1 Å². The Morgan fingerprint density at radius 3 is 2.33 bits per heavy atom. The predicted octanol–water partition coefficient (Wildman–Crippen LogP) is 4.92. The standard InChI is InChI=1S/C18H18ClNO/c1-12-8-13(2)10-16(9-12)20-18(21)7-5-15-4-6-17(19)14(3)11-15/h4-11H,1-3H3,(H,20,21). The van der Waals surface area contributed by atoms with E-state index in [-0.39, 0.29) is 5.91 Å². The van der Waals surface area contributed by atoms with Crippen LogP contribution in [0.25, 0.3) is 6.08 Å². The summed E-state index contributed by atoms with van der Waals surface area (Å²) in [4.78, 5) is 11.9. The molecule has 0 unspecified atom stereocenters. The van der Waals surface area contributed by atoms with Crippen molar-refractivity contribution >= 4 is 29.3 Å². The van der Waals surface area contributed by atoms with Crippen LogP contribution in [0.15, 0.2) is 42.5 Å². The van der Waals surface area contributed by atoms with Crippen molar-refractivity contribution in [1.29, 1.82) is 0 Å². The van der Waals surface area contributed by atoms with Crippen LogP contribution in [0.5, 0.6) is 0 Å². The number of benzene rings is 2. The van der Waals surface area contributed by atoms with Gasteiger partial charge in [0.25, 0.3) is 0 Å². The van der Waals surface area contributed by atoms with Gasteiger partial charge in [-0.1, -0.05) is 29.8 Å². The fraction of sp³-hybridized carbons (Fsp3) is 0.167. The van der Waals surface area contributed by atoms with Gasteiger partial charge in [0.1, 0.15) is 0 Å². The van der Waals surface area contributed by atoms with Gasteiger partial charge in [-0.3, -0.25) is 4.79 Å². The lowest BCUT2D eigenvalue weighted by Gasteiger charge is -2.05. The third-order valence-electron chi connectivity index (χ3n) is 3.10. The van der Waals surface area contributed by atoms with Gasteiger partial charge in [-0.15, -0.1) is 0 Å². The summed E-state index contributed by atoms with van der Waals surface area (Å²) in [6.45, 7) is 5.96. The van der Waals surface area contributed by atoms with Crippen LogP contribution in [0.3, 0.4) is 0 Å². The first kappa shape index (κ1) is 15.3. The monoisotopic (exact) mass is 299 g/mol. The molecular formula is C18H18ClNO. The summed E-state index contributed by atoms with van der Waals surface area (Å²) < 4.78 is 0. The van der Waals surface area contributed by atoms with Crippen molar-refractivity contribution in [1.82, 2.24) is 0 Å². The number of hydrogen-bond acceptors (Lipinski definition) is 1. The third-order valence-corrected chi connectivity index (χ3v) is 3.52. The second kappa shape index (κ2) is 6.59. The molecule has 0 saturated carbocycles. The van der Waals surface area contributed by atoms with Crippen LogP contribution in [0.1, 0.15) is 22.3 Å². The molecule has 0 radical (unpaired) electrons. The number of rotatable bonds is 3. The molecule has 0 aliphatic heterocycles. The summed E-state index contributed by atoms with van der Waals surface area (Å²) in [5.41, 5.74) is 5.01. The molecule has 0 aliphatic carbocycles. The molecule has 1 N–H and O–H groups in total. The van der Waals surface area contributed by atoms with Crippen LogP contribution in [-0.2, 0) is 4.79 Å². The second-order valence-electron chi connectivity index (χ2n) is 5.21. The van der Waals surface area contributed by atoms with Crippen molar-refractivity contribution < 1.29 is 4.79 Å². The number of nitrogens with one attached hydrogen (secondary N) is 1. The minimum absolute atomic E-state index is 0.146. The van der Waals surface area contributed by atoms with E-state index in [1.54, 1.807) is 6.08 Å². The van der Waals surface area contributed by atoms with E-state index in [0.29, 0.717) is 0 Å². The molecule has 21 heavy (non-hydrogen) atoms. The van der Waals surface area contributed by atoms with Gasteiger partial charge in [0, 0.05) is 16.8 Å². The SMILES string of the molecule is Cc1cc(C)cc(NC(=O)C=Cc2ccc(Cl)c(C)c2)c1. The Hall–Kier alpha value is -2.06. The van der Waals surface area contributed by atoms with Gasteiger partial charge >= 0.3 is 0 Å². The molecule has 0 bridgehead atoms. The number of anilines is 1. The van der Waals surface area contributed by atoms with E-state index >= 15 is 0 Å². The first-order valence-electron chi connectivity index (χ1n) is 6.77. The maximum absolute atomic E-state index is 11.9. The average molecular weight is 300 g/mol. The Kier molecular flexibility index (Phi) is 4.81. The lowest BCUT2D eigenvalue weighted by atomic mass is 10.1. The normalized spacial score (nSPS) is 10.9. The molecule has 2 rings (SSSR count). The van der Waals surface area contributed by atoms with E-state index in [0.717, 1.165) is 33.0 Å². The van der Waals surface area contributed by atoms with Crippen molar-refractivity contribution in [2.75, 3.05) is 5.32 Å². The highest BCUT2D eigenvalue weighted by atomic mass is 35.5. The highest BCUT2D eigenvalue weighted by Gasteiger charge is 2.00. The quantitative estimate of drug-likeness (QED) is 0.801. The molecule has 1 amide bonds. The smallest absolute Gasteiger partial charge is 0.248 e. The van der Waals surface area contributed by atoms with Gasteiger partial charge in [0.2, 0.25) is 5.91 Å². The zero-order valence-electron chi connectivity index (χ0n) is 12.4. The molecule has 0 heterocycles. The van der Waals surface area contributed by atoms with Crippen LogP contribution in [0.4, 0.5) is 5.69 Å². The number of amides is 1. The minimum atomic E-state index is -0.146. The summed E-state index contributed by atoms with van der Waals surface area (Å²) in [5.74, 6) is -0.146. The molecular weight excluding hydrogens is 282 g/mol. The maximum Gasteiger partial charge on any atom is 0.248 e. The van der Waals surface area contributed by atoms with Crippen LogP contribution in [0.2, 0.25) is 5.02 Å². The number of carbonyl (C=O) groups is 1. The molecule has 2 aromatic rings. The highest BCUT2D eigenvalue weighted by Crippen LogP contribution is 2.17. The molecule has 2 aromatic carbocycles. The van der Waals surface area contributed by atoms with E-state index < -0.39 is 0 Å². The van der Waals surface area contributed by atoms with Crippen molar-refractivity contribution in [2.24, 2.45) is 0 Å². The summed E-state index contributed by atoms with van der Waals surface area (Å²) in [6.07, 6.45) is 3.31. The number of halogens is 1. The summed E-state index contributed by atoms with van der Waals surface area (Å²) in [6, 6.07) is 11.6. The number of carbonyl (C=O) groups excluding carboxylic acids is 1. The van der Waals surface area contributed by atoms with Gasteiger partial charge in [-0.25, -0.2) is 0 Å². The molecule has 2 nitrogen and oxygen atoms in total. The Morgan fingerprint density at radius 1 is 1.05 bits per heavy atom. The van der Waals surface area contributed by atoms with Crippen LogP contribution < -0.4 is 5.32 Å². The Bertz CT molecular complexity index is 684. The van der Waals surface area contributed by atoms with E-state index in [4.69, 9.17) is 11.6 Å². The van der Waals surface area contributed by atoms with Crippen molar-refractivity contribution in [3.05, 3.63) is 69.8 Å². The Labute approximate surface area is 130 Å². The van der Waals surface area contributed by atoms with E-state index in [1.165, 1.54) is 6.08 Å². The van der Waals surface area contributed by atoms with Crippen molar-refractivity contribution in [2.45, 2.75) is 20.8 Å². The van der Waals surface area contributed by atoms with Crippen molar-refractivity contribution in [3.63, 3.8) is 0 Å². The maximum atomic E-state index is 11.9. The van der Waals surface area contributed by atoms with Gasteiger partial charge in [-0.2, -0.15) is 0 Å². The molecule has 0 atom stereocenters. The zero-order chi connectivity index (χ0) is 15.4. The molecule has 0 spiro atoms. The van der Waals surface area contributed by atoms with Gasteiger partial charge in [0.05, 0.1) is 0 Å². The fourth-order valence-electron chi connectivity index (χ4n) is 2.17. The first-order valence-corrected chi connectivity index (χ1v) is 7.15. The Balaban J connectivity index is 2.07. The summed E-state index contributed by atoms with van der Waals surface area (Å²) in [7, 11) is 0. The highest BCUT2D eigenvalue weighted by molar-refractivity contribution is 6.31. The summed E-state index contributed by atoms with van der Waals surface area (Å²) >= 11 is 5.98. The van der Waals surface area contributed by atoms with Gasteiger partial charge in [0.15, 0.2) is 0 Å². The van der Waals surface area contributed by atoms with E-state index in [9.17, 15) is 4.79 Å². The van der Waals surface area contributed by atoms with E-state index in [2.05, 4.69) is 11.4 Å². The van der Waals surface area contributed by atoms with Crippen LogP contribution >= 0.6 is 11.6 Å². The average Bonchev–Trinajstić information content (AvgIpc) is 2.39. The summed E-state index contributed by atoms with van der Waals surface area (Å²) in [5, 5.41) is 3.60. The largest absolute Gasteiger partial charge is 0.322 e. The second-order valence-corrected chi connectivity index (χ2v) is 5.61. The number of hydrogen-bond donors (Lipinski definition) is 1. The molecule has 0 fully saturated rings. The molecule has 3 heteroatoms. The molecule has 0 saturated heterocycles. The van der Waals surface area contributed by atoms with E-state index in [1.807, 2.05) is 51.1 Å². The van der Waals surface area contributed by atoms with Crippen LogP contribution in [0, 0.1) is 20.8 Å². The molecule has 0 aromatic heterocycles. The third kappa shape index (κ3) is 4.47. The predicted molar refractivity (Wildman–Crippen MR) is 89.8 cm³/mol. The first-order chi connectivity index (χ1) is 9.94. The lowest BCUT2D eigenvalue weighted by molar-refractivity contribution is -0.111.